The minimum absolute atomic E-state index is 0.0123. The second-order valence-corrected chi connectivity index (χ2v) is 5.00. The van der Waals surface area contributed by atoms with E-state index in [4.69, 9.17) is 35.4 Å². The summed E-state index contributed by atoms with van der Waals surface area (Å²) < 4.78 is 12.3. The maximum Gasteiger partial charge on any atom is 0.197 e. The molecule has 1 aliphatic rings. The average Bonchev–Trinajstić information content (AvgIpc) is 2.41. The van der Waals surface area contributed by atoms with Crippen LogP contribution in [0.2, 0.25) is 10.0 Å². The number of halogens is 3. The third-order valence-electron chi connectivity index (χ3n) is 2.88. The van der Waals surface area contributed by atoms with Crippen LogP contribution in [0.4, 0.5) is 4.48 Å². The zero-order valence-electron chi connectivity index (χ0n) is 9.01. The SMILES string of the molecule is Oc1c(O)c(Cl)c2c(c1Cl)CCN(C(=S)NF)C2. The normalized spacial score (nSPS) is 14.3. The van der Waals surface area contributed by atoms with Crippen molar-refractivity contribution in [3.8, 4) is 11.5 Å². The van der Waals surface area contributed by atoms with Crippen molar-refractivity contribution in [1.29, 1.82) is 0 Å². The van der Waals surface area contributed by atoms with E-state index in [0.717, 1.165) is 0 Å². The summed E-state index contributed by atoms with van der Waals surface area (Å²) in [5.74, 6) is -0.901. The topological polar surface area (TPSA) is 55.7 Å². The second kappa shape index (κ2) is 4.95. The fourth-order valence-corrected chi connectivity index (χ4v) is 2.65. The van der Waals surface area contributed by atoms with E-state index in [1.807, 2.05) is 0 Å². The van der Waals surface area contributed by atoms with Crippen molar-refractivity contribution in [2.45, 2.75) is 13.0 Å². The van der Waals surface area contributed by atoms with Gasteiger partial charge in [0.25, 0.3) is 0 Å². The summed E-state index contributed by atoms with van der Waals surface area (Å²) in [7, 11) is 0. The Balaban J connectivity index is 2.47. The van der Waals surface area contributed by atoms with Crippen LogP contribution in [0, 0.1) is 0 Å². The molecule has 0 saturated carbocycles. The lowest BCUT2D eigenvalue weighted by Gasteiger charge is -2.31. The highest BCUT2D eigenvalue weighted by molar-refractivity contribution is 7.80. The smallest absolute Gasteiger partial charge is 0.197 e. The molecular weight excluding hydrogens is 302 g/mol. The Morgan fingerprint density at radius 2 is 1.78 bits per heavy atom. The molecule has 18 heavy (non-hydrogen) atoms. The molecule has 0 bridgehead atoms. The number of aromatic hydroxyl groups is 2. The molecule has 98 valence electrons. The summed E-state index contributed by atoms with van der Waals surface area (Å²) in [6, 6.07) is 0. The maximum atomic E-state index is 12.3. The molecule has 0 atom stereocenters. The van der Waals surface area contributed by atoms with Gasteiger partial charge >= 0.3 is 0 Å². The number of hydrogen-bond acceptors (Lipinski definition) is 3. The predicted octanol–water partition coefficient (Wildman–Crippen LogP) is 2.52. The zero-order valence-corrected chi connectivity index (χ0v) is 11.3. The van der Waals surface area contributed by atoms with E-state index in [-0.39, 0.29) is 21.7 Å². The number of nitrogens with zero attached hydrogens (tertiary/aromatic N) is 1. The Morgan fingerprint density at radius 3 is 2.33 bits per heavy atom. The van der Waals surface area contributed by atoms with E-state index in [1.165, 1.54) is 5.54 Å². The molecule has 0 fully saturated rings. The summed E-state index contributed by atoms with van der Waals surface area (Å²) in [4.78, 5) is 1.55. The second-order valence-electron chi connectivity index (χ2n) is 3.85. The molecule has 1 aromatic carbocycles. The van der Waals surface area contributed by atoms with Gasteiger partial charge in [0.1, 0.15) is 0 Å². The van der Waals surface area contributed by atoms with Crippen molar-refractivity contribution in [2.24, 2.45) is 0 Å². The molecule has 0 radical (unpaired) electrons. The van der Waals surface area contributed by atoms with E-state index in [1.54, 1.807) is 4.90 Å². The molecule has 4 nitrogen and oxygen atoms in total. The molecule has 2 rings (SSSR count). The largest absolute Gasteiger partial charge is 0.503 e. The number of rotatable bonds is 0. The monoisotopic (exact) mass is 310 g/mol. The van der Waals surface area contributed by atoms with Crippen LogP contribution in [0.5, 0.6) is 11.5 Å². The van der Waals surface area contributed by atoms with E-state index < -0.39 is 11.5 Å². The minimum Gasteiger partial charge on any atom is -0.503 e. The summed E-state index contributed by atoms with van der Waals surface area (Å²) in [5.41, 5.74) is 2.59. The molecular formula is C10H9Cl2FN2O2S. The van der Waals surface area contributed by atoms with Crippen LogP contribution < -0.4 is 5.54 Å². The minimum atomic E-state index is -0.471. The van der Waals surface area contributed by atoms with Crippen molar-refractivity contribution in [1.82, 2.24) is 10.4 Å². The number of fused-ring (bicyclic) bond motifs is 1. The first-order chi connectivity index (χ1) is 8.47. The van der Waals surface area contributed by atoms with Gasteiger partial charge < -0.3 is 15.1 Å². The highest BCUT2D eigenvalue weighted by atomic mass is 35.5. The van der Waals surface area contributed by atoms with Gasteiger partial charge in [0, 0.05) is 13.1 Å². The summed E-state index contributed by atoms with van der Waals surface area (Å²) >= 11 is 16.7. The van der Waals surface area contributed by atoms with Crippen LogP contribution in [0.1, 0.15) is 11.1 Å². The van der Waals surface area contributed by atoms with Crippen LogP contribution in [0.25, 0.3) is 0 Å². The number of phenols is 2. The van der Waals surface area contributed by atoms with Gasteiger partial charge in [0.2, 0.25) is 0 Å². The molecule has 0 aromatic heterocycles. The predicted molar refractivity (Wildman–Crippen MR) is 70.7 cm³/mol. The lowest BCUT2D eigenvalue weighted by Crippen LogP contribution is -2.40. The van der Waals surface area contributed by atoms with Crippen molar-refractivity contribution in [3.05, 3.63) is 21.2 Å². The third-order valence-corrected chi connectivity index (χ3v) is 4.03. The summed E-state index contributed by atoms with van der Waals surface area (Å²) in [5, 5.41) is 19.2. The Morgan fingerprint density at radius 1 is 1.22 bits per heavy atom. The number of nitrogens with one attached hydrogen (secondary N) is 1. The van der Waals surface area contributed by atoms with Gasteiger partial charge in [-0.05, 0) is 29.8 Å². The van der Waals surface area contributed by atoms with Crippen molar-refractivity contribution >= 4 is 40.5 Å². The van der Waals surface area contributed by atoms with Gasteiger partial charge in [-0.1, -0.05) is 23.2 Å². The highest BCUT2D eigenvalue weighted by Crippen LogP contribution is 2.46. The van der Waals surface area contributed by atoms with E-state index in [0.29, 0.717) is 24.1 Å². The molecule has 8 heteroatoms. The standard InChI is InChI=1S/C10H9Cl2FN2O2S/c11-6-4-1-2-15(10(18)14-13)3-5(4)7(12)9(17)8(6)16/h16-17H,1-3H2,(H,14,18). The lowest BCUT2D eigenvalue weighted by atomic mass is 9.98. The van der Waals surface area contributed by atoms with E-state index in [9.17, 15) is 14.7 Å². The Bertz CT molecular complexity index is 527. The number of benzene rings is 1. The molecule has 0 unspecified atom stereocenters. The Labute approximate surface area is 118 Å². The van der Waals surface area contributed by atoms with Crippen LogP contribution in [0.3, 0.4) is 0 Å². The molecule has 3 N–H and O–H groups in total. The molecule has 1 aliphatic heterocycles. The van der Waals surface area contributed by atoms with Crippen LogP contribution in [-0.2, 0) is 13.0 Å². The van der Waals surface area contributed by atoms with E-state index in [2.05, 4.69) is 0 Å². The molecule has 0 saturated heterocycles. The van der Waals surface area contributed by atoms with Crippen molar-refractivity contribution in [2.75, 3.05) is 6.54 Å². The number of thiocarbonyl (C=S) groups is 1. The molecule has 0 aliphatic carbocycles. The van der Waals surface area contributed by atoms with E-state index >= 15 is 0 Å². The fraction of sp³-hybridized carbons (Fsp3) is 0.300. The third kappa shape index (κ3) is 2.04. The lowest BCUT2D eigenvalue weighted by molar-refractivity contribution is 0.335. The quantitative estimate of drug-likeness (QED) is 0.390. The molecule has 1 heterocycles. The fourth-order valence-electron chi connectivity index (χ4n) is 1.93. The van der Waals surface area contributed by atoms with Gasteiger partial charge in [-0.3, -0.25) is 0 Å². The van der Waals surface area contributed by atoms with Gasteiger partial charge in [-0.25, -0.2) is 0 Å². The first kappa shape index (κ1) is 13.5. The maximum absolute atomic E-state index is 12.3. The molecule has 1 aromatic rings. The Hall–Kier alpha value is -0.980. The van der Waals surface area contributed by atoms with Crippen LogP contribution in [-0.4, -0.2) is 26.8 Å². The first-order valence-corrected chi connectivity index (χ1v) is 6.20. The van der Waals surface area contributed by atoms with Gasteiger partial charge in [-0.2, -0.15) is 5.54 Å². The zero-order chi connectivity index (χ0) is 13.4. The Kier molecular flexibility index (Phi) is 3.70. The summed E-state index contributed by atoms with van der Waals surface area (Å²) in [6.45, 7) is 0.667. The van der Waals surface area contributed by atoms with Gasteiger partial charge in [-0.15, -0.1) is 4.48 Å². The van der Waals surface area contributed by atoms with Crippen LogP contribution >= 0.6 is 35.4 Å². The highest BCUT2D eigenvalue weighted by Gasteiger charge is 2.27. The van der Waals surface area contributed by atoms with Crippen molar-refractivity contribution < 1.29 is 14.7 Å². The van der Waals surface area contributed by atoms with Gasteiger partial charge in [0.15, 0.2) is 16.6 Å². The number of hydrogen-bond donors (Lipinski definition) is 3. The first-order valence-electron chi connectivity index (χ1n) is 5.03. The van der Waals surface area contributed by atoms with Crippen LogP contribution in [0.15, 0.2) is 0 Å². The summed E-state index contributed by atoms with van der Waals surface area (Å²) in [6.07, 6.45) is 0.448. The number of phenolic OH excluding ortho intramolecular Hbond substituents is 2. The van der Waals surface area contributed by atoms with Gasteiger partial charge in [0.05, 0.1) is 10.0 Å². The molecule has 0 spiro atoms. The molecule has 0 amide bonds. The van der Waals surface area contributed by atoms with Crippen molar-refractivity contribution in [3.63, 3.8) is 0 Å². The average molecular weight is 311 g/mol.